The van der Waals surface area contributed by atoms with Crippen molar-refractivity contribution in [2.24, 2.45) is 0 Å². The zero-order valence-electron chi connectivity index (χ0n) is 18.4. The van der Waals surface area contributed by atoms with E-state index >= 15 is 0 Å². The highest BCUT2D eigenvalue weighted by Gasteiger charge is 2.44. The normalized spacial score (nSPS) is 19.2. The summed E-state index contributed by atoms with van der Waals surface area (Å²) in [5.41, 5.74) is 1.16. The molecule has 0 atom stereocenters. The maximum Gasteiger partial charge on any atom is 0.274 e. The van der Waals surface area contributed by atoms with Gasteiger partial charge < -0.3 is 19.1 Å². The summed E-state index contributed by atoms with van der Waals surface area (Å²) in [6.45, 7) is 3.18. The van der Waals surface area contributed by atoms with Gasteiger partial charge in [0.15, 0.2) is 28.8 Å². The summed E-state index contributed by atoms with van der Waals surface area (Å²) < 4.78 is 32.5. The van der Waals surface area contributed by atoms with Crippen LogP contribution in [-0.2, 0) is 0 Å². The van der Waals surface area contributed by atoms with Gasteiger partial charge in [-0.3, -0.25) is 4.79 Å². The van der Waals surface area contributed by atoms with Crippen molar-refractivity contribution >= 4 is 42.9 Å². The van der Waals surface area contributed by atoms with Crippen LogP contribution in [0.15, 0.2) is 35.3 Å². The molecule has 2 aliphatic rings. The molecule has 8 radical (unpaired) electrons. The molecule has 8 nitrogen and oxygen atoms in total. The molecule has 13 heteroatoms. The molecule has 1 fully saturated rings. The Balaban J connectivity index is 1.30. The number of piperidine rings is 1. The van der Waals surface area contributed by atoms with Gasteiger partial charge in [0.05, 0.1) is 0 Å². The first-order valence-corrected chi connectivity index (χ1v) is 10.7. The standard InChI is InChI=1S/C21H17B4FN4O4/c1-11-8-16-27-5-2-17(31)30(16)28-19(11)29-6-3-12(4-7-29)32-13-9-14(26)18-15(10-13)33-20(22,23)21(24,25)34-18/h2,5,8-10,12H,3-4,6-7H2,1H3. The molecule has 0 aliphatic carbocycles. The van der Waals surface area contributed by atoms with Gasteiger partial charge in [0.2, 0.25) is 0 Å². The molecular weight excluding hydrogens is 435 g/mol. The Hall–Kier alpha value is -3.10. The topological polar surface area (TPSA) is 78.2 Å². The Kier molecular flexibility index (Phi) is 5.33. The van der Waals surface area contributed by atoms with E-state index in [1.54, 1.807) is 0 Å². The van der Waals surface area contributed by atoms with Gasteiger partial charge in [-0.05, 0) is 18.6 Å². The van der Waals surface area contributed by atoms with Crippen LogP contribution in [0.2, 0.25) is 0 Å². The highest BCUT2D eigenvalue weighted by Crippen LogP contribution is 2.43. The number of rotatable bonds is 3. The number of anilines is 1. The van der Waals surface area contributed by atoms with Gasteiger partial charge in [0.25, 0.3) is 5.56 Å². The first kappa shape index (κ1) is 22.7. The minimum atomic E-state index is -2.12. The number of hydrogen-bond acceptors (Lipinski definition) is 7. The van der Waals surface area contributed by atoms with Crippen LogP contribution in [0.4, 0.5) is 10.2 Å². The maximum absolute atomic E-state index is 14.6. The Morgan fingerprint density at radius 3 is 2.56 bits per heavy atom. The molecule has 1 saturated heterocycles. The second-order valence-corrected chi connectivity index (χ2v) is 8.53. The number of nitrogens with zero attached hydrogens (tertiary/aromatic N) is 4. The van der Waals surface area contributed by atoms with E-state index in [2.05, 4.69) is 15.0 Å². The fourth-order valence-electron chi connectivity index (χ4n) is 4.03. The predicted octanol–water partition coefficient (Wildman–Crippen LogP) is 0.338. The fraction of sp³-hybridized carbons (Fsp3) is 0.381. The number of aromatic nitrogens is 3. The van der Waals surface area contributed by atoms with E-state index in [-0.39, 0.29) is 28.9 Å². The highest BCUT2D eigenvalue weighted by atomic mass is 19.1. The van der Waals surface area contributed by atoms with Gasteiger partial charge >= 0.3 is 0 Å². The Morgan fingerprint density at radius 1 is 1.12 bits per heavy atom. The molecule has 0 bridgehead atoms. The molecule has 0 unspecified atom stereocenters. The number of ether oxygens (including phenoxy) is 3. The third-order valence-electron chi connectivity index (χ3n) is 5.93. The van der Waals surface area contributed by atoms with E-state index in [1.807, 2.05) is 13.0 Å². The molecule has 0 N–H and O–H groups in total. The van der Waals surface area contributed by atoms with Gasteiger partial charge in [-0.25, -0.2) is 9.37 Å². The molecule has 0 amide bonds. The lowest BCUT2D eigenvalue weighted by Crippen LogP contribution is -2.65. The van der Waals surface area contributed by atoms with E-state index < -0.39 is 16.6 Å². The van der Waals surface area contributed by atoms with Gasteiger partial charge in [0, 0.05) is 61.1 Å². The number of benzene rings is 1. The summed E-state index contributed by atoms with van der Waals surface area (Å²) in [5.74, 6) is -0.176. The van der Waals surface area contributed by atoms with Crippen molar-refractivity contribution in [3.63, 3.8) is 0 Å². The van der Waals surface area contributed by atoms with Crippen molar-refractivity contribution in [1.29, 1.82) is 0 Å². The average Bonchev–Trinajstić information content (AvgIpc) is 2.76. The van der Waals surface area contributed by atoms with Gasteiger partial charge in [-0.15, -0.1) is 5.10 Å². The molecular formula is C21H17B4FN4O4. The summed E-state index contributed by atoms with van der Waals surface area (Å²) in [7, 11) is 22.9. The van der Waals surface area contributed by atoms with Crippen molar-refractivity contribution in [2.75, 3.05) is 18.0 Å². The summed E-state index contributed by atoms with van der Waals surface area (Å²) in [6.07, 6.45) is 2.56. The van der Waals surface area contributed by atoms with Crippen LogP contribution in [0.25, 0.3) is 5.65 Å². The van der Waals surface area contributed by atoms with E-state index in [1.165, 1.54) is 28.9 Å². The van der Waals surface area contributed by atoms with Crippen LogP contribution in [-0.4, -0.2) is 76.0 Å². The largest absolute Gasteiger partial charge is 0.501 e. The van der Waals surface area contributed by atoms with Gasteiger partial charge in [-0.1, -0.05) is 0 Å². The Bertz CT molecular complexity index is 1330. The Labute approximate surface area is 200 Å². The average molecular weight is 452 g/mol. The zero-order chi connectivity index (χ0) is 24.3. The Morgan fingerprint density at radius 2 is 1.82 bits per heavy atom. The van der Waals surface area contributed by atoms with Crippen LogP contribution in [0.5, 0.6) is 17.2 Å². The summed E-state index contributed by atoms with van der Waals surface area (Å²) >= 11 is 0. The van der Waals surface area contributed by atoms with E-state index in [9.17, 15) is 9.18 Å². The summed E-state index contributed by atoms with van der Waals surface area (Å²) in [6, 6.07) is 5.80. The number of halogens is 1. The minimum absolute atomic E-state index is 0.0565. The predicted molar refractivity (Wildman–Crippen MR) is 126 cm³/mol. The van der Waals surface area contributed by atoms with E-state index in [0.717, 1.165) is 5.56 Å². The molecule has 5 rings (SSSR count). The summed E-state index contributed by atoms with van der Waals surface area (Å²) in [4.78, 5) is 18.4. The van der Waals surface area contributed by atoms with Crippen LogP contribution >= 0.6 is 0 Å². The van der Waals surface area contributed by atoms with Crippen LogP contribution < -0.4 is 24.7 Å². The van der Waals surface area contributed by atoms with E-state index in [0.29, 0.717) is 37.4 Å². The number of fused-ring (bicyclic) bond motifs is 2. The van der Waals surface area contributed by atoms with Crippen LogP contribution in [0.3, 0.4) is 0 Å². The third-order valence-corrected chi connectivity index (χ3v) is 5.93. The van der Waals surface area contributed by atoms with Crippen LogP contribution in [0.1, 0.15) is 18.4 Å². The molecule has 0 saturated carbocycles. The van der Waals surface area contributed by atoms with Gasteiger partial charge in [-0.2, -0.15) is 4.52 Å². The molecule has 0 spiro atoms. The van der Waals surface area contributed by atoms with Crippen molar-refractivity contribution in [2.45, 2.75) is 36.7 Å². The quantitative estimate of drug-likeness (QED) is 0.531. The number of aryl methyl sites for hydroxylation is 1. The molecule has 2 aromatic heterocycles. The molecule has 3 aromatic rings. The lowest BCUT2D eigenvalue weighted by molar-refractivity contribution is 0.0562. The fourth-order valence-corrected chi connectivity index (χ4v) is 4.03. The summed E-state index contributed by atoms with van der Waals surface area (Å²) in [5, 5.41) is 0.305. The van der Waals surface area contributed by atoms with E-state index in [4.69, 9.17) is 45.6 Å². The van der Waals surface area contributed by atoms with Crippen molar-refractivity contribution in [1.82, 2.24) is 14.6 Å². The van der Waals surface area contributed by atoms with Gasteiger partial charge in [0.1, 0.15) is 43.2 Å². The zero-order valence-corrected chi connectivity index (χ0v) is 18.4. The molecule has 2 aliphatic heterocycles. The number of hydrogen-bond donors (Lipinski definition) is 0. The first-order valence-electron chi connectivity index (χ1n) is 10.7. The molecule has 34 heavy (non-hydrogen) atoms. The lowest BCUT2D eigenvalue weighted by Gasteiger charge is -2.48. The van der Waals surface area contributed by atoms with Crippen molar-refractivity contribution < 1.29 is 18.6 Å². The second-order valence-electron chi connectivity index (χ2n) is 8.53. The molecule has 164 valence electrons. The van der Waals surface area contributed by atoms with Crippen molar-refractivity contribution in [3.05, 3.63) is 52.2 Å². The SMILES string of the molecule is [B]C1([B])Oc2cc(OC3CCN(c4nn5c(=O)ccnc5cc4C)CC3)cc(F)c2OC1([B])[B]. The second kappa shape index (κ2) is 7.99. The highest BCUT2D eigenvalue weighted by molar-refractivity contribution is 6.53. The monoisotopic (exact) mass is 452 g/mol. The first-order chi connectivity index (χ1) is 16.0. The van der Waals surface area contributed by atoms with Crippen molar-refractivity contribution in [3.8, 4) is 17.2 Å². The molecule has 4 heterocycles. The minimum Gasteiger partial charge on any atom is -0.501 e. The third kappa shape index (κ3) is 3.90. The van der Waals surface area contributed by atoms with Crippen LogP contribution in [0, 0.1) is 12.7 Å². The lowest BCUT2D eigenvalue weighted by atomic mass is 9.41. The molecule has 1 aromatic carbocycles. The smallest absolute Gasteiger partial charge is 0.274 e. The maximum atomic E-state index is 14.6.